The largest absolute Gasteiger partial charge is 0.454 e. The van der Waals surface area contributed by atoms with Crippen LogP contribution in [0.25, 0.3) is 11.5 Å². The van der Waals surface area contributed by atoms with E-state index in [4.69, 9.17) is 37.2 Å². The Labute approximate surface area is 215 Å². The molecular formula is C24H17Cl2N7O3. The van der Waals surface area contributed by atoms with Gasteiger partial charge in [0.25, 0.3) is 5.89 Å². The van der Waals surface area contributed by atoms with E-state index in [0.29, 0.717) is 38.6 Å². The van der Waals surface area contributed by atoms with E-state index in [1.807, 2.05) is 42.5 Å². The van der Waals surface area contributed by atoms with Crippen molar-refractivity contribution in [2.45, 2.75) is 6.61 Å². The summed E-state index contributed by atoms with van der Waals surface area (Å²) in [5.74, 6) is 1.88. The van der Waals surface area contributed by atoms with Crippen molar-refractivity contribution in [3.8, 4) is 23.0 Å². The summed E-state index contributed by atoms with van der Waals surface area (Å²) < 4.78 is 13.0. The summed E-state index contributed by atoms with van der Waals surface area (Å²) in [6.45, 7) is -0.0595. The third-order valence-electron chi connectivity index (χ3n) is 4.93. The number of hydrogen-bond acceptors (Lipinski definition) is 9. The van der Waals surface area contributed by atoms with E-state index in [2.05, 4.69) is 30.9 Å². The topological polar surface area (TPSA) is 113 Å². The van der Waals surface area contributed by atoms with Gasteiger partial charge in [0.1, 0.15) is 11.5 Å². The maximum atomic E-state index is 6.41. The number of aromatic nitrogens is 6. The van der Waals surface area contributed by atoms with Crippen molar-refractivity contribution in [1.82, 2.24) is 30.4 Å². The molecule has 0 unspecified atom stereocenters. The lowest BCUT2D eigenvalue weighted by molar-refractivity contribution is 0.111. The van der Waals surface area contributed by atoms with Crippen molar-refractivity contribution in [1.29, 1.82) is 0 Å². The number of hydrogen-bond donors (Lipinski definition) is 0. The summed E-state index contributed by atoms with van der Waals surface area (Å²) in [6, 6.07) is 21.7. The number of nitrogens with zero attached hydrogens (tertiary/aromatic N) is 7. The molecule has 5 rings (SSSR count). The van der Waals surface area contributed by atoms with Gasteiger partial charge in [-0.25, -0.2) is 4.68 Å². The van der Waals surface area contributed by atoms with Gasteiger partial charge in [-0.1, -0.05) is 70.8 Å². The van der Waals surface area contributed by atoms with E-state index in [1.165, 1.54) is 4.68 Å². The quantitative estimate of drug-likeness (QED) is 0.199. The Morgan fingerprint density at radius 2 is 1.69 bits per heavy atom. The first-order valence-corrected chi connectivity index (χ1v) is 11.4. The first-order valence-electron chi connectivity index (χ1n) is 10.6. The van der Waals surface area contributed by atoms with Crippen molar-refractivity contribution in [2.24, 2.45) is 12.2 Å². The molecule has 0 aliphatic rings. The molecule has 0 spiro atoms. The molecule has 0 saturated carbocycles. The lowest BCUT2D eigenvalue weighted by Gasteiger charge is -2.09. The number of oxime groups is 1. The second-order valence-corrected chi connectivity index (χ2v) is 8.20. The van der Waals surface area contributed by atoms with Gasteiger partial charge in [-0.3, -0.25) is 0 Å². The lowest BCUT2D eigenvalue weighted by atomic mass is 10.1. The van der Waals surface area contributed by atoms with Crippen molar-refractivity contribution in [3.63, 3.8) is 0 Å². The van der Waals surface area contributed by atoms with Gasteiger partial charge in [0.2, 0.25) is 11.7 Å². The van der Waals surface area contributed by atoms with Gasteiger partial charge in [0.15, 0.2) is 12.3 Å². The molecule has 0 fully saturated rings. The van der Waals surface area contributed by atoms with Crippen LogP contribution >= 0.6 is 23.2 Å². The highest BCUT2D eigenvalue weighted by Crippen LogP contribution is 2.35. The fraction of sp³-hybridized carbons (Fsp3) is 0.0833. The molecule has 0 aliphatic carbocycles. The highest BCUT2D eigenvalue weighted by Gasteiger charge is 2.16. The van der Waals surface area contributed by atoms with E-state index in [0.717, 1.165) is 5.56 Å². The van der Waals surface area contributed by atoms with Gasteiger partial charge in [-0.05, 0) is 40.8 Å². The van der Waals surface area contributed by atoms with E-state index in [1.54, 1.807) is 37.4 Å². The fourth-order valence-corrected chi connectivity index (χ4v) is 3.59. The maximum absolute atomic E-state index is 6.41. The highest BCUT2D eigenvalue weighted by molar-refractivity contribution is 6.33. The molecule has 5 aromatic rings. The van der Waals surface area contributed by atoms with Crippen LogP contribution in [0, 0.1) is 0 Å². The molecule has 3 aromatic carbocycles. The van der Waals surface area contributed by atoms with Crippen LogP contribution in [0.1, 0.15) is 17.3 Å². The molecule has 2 aromatic heterocycles. The molecule has 0 bridgehead atoms. The van der Waals surface area contributed by atoms with Crippen molar-refractivity contribution in [2.75, 3.05) is 0 Å². The zero-order chi connectivity index (χ0) is 24.9. The fourth-order valence-electron chi connectivity index (χ4n) is 3.19. The Morgan fingerprint density at radius 1 is 0.917 bits per heavy atom. The average molecular weight is 522 g/mol. The number of halogens is 2. The minimum Gasteiger partial charge on any atom is -0.454 e. The third kappa shape index (κ3) is 5.19. The van der Waals surface area contributed by atoms with E-state index in [-0.39, 0.29) is 18.4 Å². The Kier molecular flexibility index (Phi) is 6.87. The Morgan fingerprint density at radius 3 is 2.44 bits per heavy atom. The van der Waals surface area contributed by atoms with Gasteiger partial charge < -0.3 is 14.0 Å². The van der Waals surface area contributed by atoms with Crippen LogP contribution in [-0.2, 0) is 18.5 Å². The number of rotatable bonds is 8. The third-order valence-corrected chi connectivity index (χ3v) is 5.53. The number of aryl methyl sites for hydroxylation is 1. The minimum absolute atomic E-state index is 0.0595. The molecule has 2 heterocycles. The molecule has 180 valence electrons. The smallest absolute Gasteiger partial charge is 0.257 e. The van der Waals surface area contributed by atoms with Crippen LogP contribution in [0.5, 0.6) is 11.5 Å². The van der Waals surface area contributed by atoms with Gasteiger partial charge in [-0.15, -0.1) is 15.3 Å². The lowest BCUT2D eigenvalue weighted by Crippen LogP contribution is -2.12. The number of benzene rings is 3. The predicted molar refractivity (Wildman–Crippen MR) is 132 cm³/mol. The highest BCUT2D eigenvalue weighted by atomic mass is 35.5. The molecule has 10 nitrogen and oxygen atoms in total. The predicted octanol–water partition coefficient (Wildman–Crippen LogP) is 5.33. The second-order valence-electron chi connectivity index (χ2n) is 7.38. The second kappa shape index (κ2) is 10.5. The zero-order valence-electron chi connectivity index (χ0n) is 18.7. The zero-order valence-corrected chi connectivity index (χ0v) is 20.3. The SMILES string of the molecule is Cn1nnnc1/C(=N\OCc1nnc(-c2ccc(Oc3ccccc3Cl)c(Cl)c2)o1)c1ccccc1. The van der Waals surface area contributed by atoms with Crippen LogP contribution < -0.4 is 4.74 Å². The molecule has 0 saturated heterocycles. The summed E-state index contributed by atoms with van der Waals surface area (Å²) in [5, 5.41) is 24.7. The number of para-hydroxylation sites is 1. The first-order chi connectivity index (χ1) is 17.6. The maximum Gasteiger partial charge on any atom is 0.257 e. The normalized spacial score (nSPS) is 11.5. The Bertz CT molecular complexity index is 1520. The molecule has 0 amide bonds. The monoisotopic (exact) mass is 521 g/mol. The molecule has 0 N–H and O–H groups in total. The van der Waals surface area contributed by atoms with Crippen LogP contribution in [0.15, 0.2) is 82.4 Å². The van der Waals surface area contributed by atoms with Crippen molar-refractivity contribution in [3.05, 3.63) is 100 Å². The summed E-state index contributed by atoms with van der Waals surface area (Å²) in [4.78, 5) is 5.51. The summed E-state index contributed by atoms with van der Waals surface area (Å²) in [7, 11) is 1.72. The van der Waals surface area contributed by atoms with Gasteiger partial charge >= 0.3 is 0 Å². The van der Waals surface area contributed by atoms with Crippen LogP contribution in [0.4, 0.5) is 0 Å². The molecule has 36 heavy (non-hydrogen) atoms. The molecular weight excluding hydrogens is 505 g/mol. The summed E-state index contributed by atoms with van der Waals surface area (Å²) in [6.07, 6.45) is 0. The standard InChI is InChI=1S/C24H17Cl2N7O3/c1-33-23(28-31-32-33)22(15-7-3-2-4-8-15)30-34-14-21-27-29-24(36-21)16-11-12-20(18(26)13-16)35-19-10-6-5-9-17(19)25/h2-13H,14H2,1H3/b30-22-. The Hall–Kier alpha value is -4.28. The number of ether oxygens (including phenoxy) is 1. The first kappa shape index (κ1) is 23.5. The van der Waals surface area contributed by atoms with Gasteiger partial charge in [0, 0.05) is 18.2 Å². The van der Waals surface area contributed by atoms with Crippen molar-refractivity contribution < 1.29 is 14.0 Å². The summed E-state index contributed by atoms with van der Waals surface area (Å²) in [5.41, 5.74) is 1.86. The number of tetrazole rings is 1. The van der Waals surface area contributed by atoms with E-state index < -0.39 is 0 Å². The Balaban J connectivity index is 1.30. The van der Waals surface area contributed by atoms with E-state index in [9.17, 15) is 0 Å². The van der Waals surface area contributed by atoms with Crippen LogP contribution in [0.3, 0.4) is 0 Å². The molecule has 0 atom stereocenters. The van der Waals surface area contributed by atoms with Crippen LogP contribution in [-0.4, -0.2) is 36.1 Å². The van der Waals surface area contributed by atoms with Gasteiger partial charge in [0.05, 0.1) is 10.0 Å². The van der Waals surface area contributed by atoms with Crippen molar-refractivity contribution >= 4 is 28.9 Å². The molecule has 12 heteroatoms. The minimum atomic E-state index is -0.0595. The van der Waals surface area contributed by atoms with E-state index >= 15 is 0 Å². The molecule has 0 aliphatic heterocycles. The summed E-state index contributed by atoms with van der Waals surface area (Å²) >= 11 is 12.6. The van der Waals surface area contributed by atoms with Gasteiger partial charge in [-0.2, -0.15) is 0 Å². The average Bonchev–Trinajstić information content (AvgIpc) is 3.54. The molecule has 0 radical (unpaired) electrons. The van der Waals surface area contributed by atoms with Crippen LogP contribution in [0.2, 0.25) is 10.0 Å².